The third kappa shape index (κ3) is 3.01. The standard InChI is InChI=1S/C16H23ClN2O/c17-12-3-1-11(2-4-12)16(18)7-8-19-13-5-6-14(19)10-15(20)9-13/h1-4,13-16,20H,5-10,18H2. The number of halogens is 1. The van der Waals surface area contributed by atoms with E-state index in [0.717, 1.165) is 36.4 Å². The molecule has 3 nitrogen and oxygen atoms in total. The molecule has 2 aliphatic rings. The molecule has 2 saturated heterocycles. The van der Waals surface area contributed by atoms with Crippen molar-refractivity contribution in [2.24, 2.45) is 5.73 Å². The van der Waals surface area contributed by atoms with Gasteiger partial charge in [-0.15, -0.1) is 0 Å². The van der Waals surface area contributed by atoms with Crippen LogP contribution in [-0.2, 0) is 0 Å². The molecule has 1 aromatic carbocycles. The van der Waals surface area contributed by atoms with Gasteiger partial charge < -0.3 is 10.8 Å². The van der Waals surface area contributed by atoms with Crippen LogP contribution >= 0.6 is 11.6 Å². The molecule has 20 heavy (non-hydrogen) atoms. The first kappa shape index (κ1) is 14.3. The van der Waals surface area contributed by atoms with E-state index in [9.17, 15) is 5.11 Å². The summed E-state index contributed by atoms with van der Waals surface area (Å²) in [7, 11) is 0. The fraction of sp³-hybridized carbons (Fsp3) is 0.625. The number of fused-ring (bicyclic) bond motifs is 2. The van der Waals surface area contributed by atoms with Crippen molar-refractivity contribution in [3.63, 3.8) is 0 Å². The molecule has 2 fully saturated rings. The van der Waals surface area contributed by atoms with Gasteiger partial charge in [0.05, 0.1) is 6.10 Å². The maximum Gasteiger partial charge on any atom is 0.0570 e. The van der Waals surface area contributed by atoms with Crippen molar-refractivity contribution in [3.05, 3.63) is 34.9 Å². The molecule has 2 heterocycles. The average Bonchev–Trinajstić information content (AvgIpc) is 2.67. The Labute approximate surface area is 125 Å². The Balaban J connectivity index is 1.56. The molecule has 0 amide bonds. The van der Waals surface area contributed by atoms with Gasteiger partial charge in [-0.2, -0.15) is 0 Å². The van der Waals surface area contributed by atoms with Crippen LogP contribution in [0.1, 0.15) is 43.7 Å². The van der Waals surface area contributed by atoms with Gasteiger partial charge in [0.15, 0.2) is 0 Å². The SMILES string of the molecule is NC(CCN1C2CCC1CC(O)C2)c1ccc(Cl)cc1. The van der Waals surface area contributed by atoms with Crippen molar-refractivity contribution < 1.29 is 5.11 Å². The van der Waals surface area contributed by atoms with Crippen LogP contribution in [-0.4, -0.2) is 34.7 Å². The van der Waals surface area contributed by atoms with Crippen LogP contribution in [0.25, 0.3) is 0 Å². The van der Waals surface area contributed by atoms with Gasteiger partial charge in [0, 0.05) is 29.7 Å². The largest absolute Gasteiger partial charge is 0.393 e. The van der Waals surface area contributed by atoms with Crippen molar-refractivity contribution in [3.8, 4) is 0 Å². The lowest BCUT2D eigenvalue weighted by molar-refractivity contribution is 0.0340. The minimum atomic E-state index is -0.0892. The first-order chi connectivity index (χ1) is 9.63. The summed E-state index contributed by atoms with van der Waals surface area (Å²) < 4.78 is 0. The Morgan fingerprint density at radius 3 is 2.40 bits per heavy atom. The molecule has 0 aliphatic carbocycles. The predicted octanol–water partition coefficient (Wildman–Crippen LogP) is 2.72. The summed E-state index contributed by atoms with van der Waals surface area (Å²) in [6.07, 6.45) is 5.22. The maximum atomic E-state index is 9.83. The van der Waals surface area contributed by atoms with E-state index in [1.165, 1.54) is 12.8 Å². The molecule has 0 saturated carbocycles. The van der Waals surface area contributed by atoms with E-state index >= 15 is 0 Å². The number of nitrogens with zero attached hydrogens (tertiary/aromatic N) is 1. The summed E-state index contributed by atoms with van der Waals surface area (Å²) in [6.45, 7) is 1.03. The molecule has 3 unspecified atom stereocenters. The molecular weight excluding hydrogens is 272 g/mol. The van der Waals surface area contributed by atoms with E-state index in [1.807, 2.05) is 24.3 Å². The molecule has 3 N–H and O–H groups in total. The second-order valence-electron chi connectivity index (χ2n) is 6.19. The van der Waals surface area contributed by atoms with E-state index < -0.39 is 0 Å². The summed E-state index contributed by atoms with van der Waals surface area (Å²) >= 11 is 5.90. The van der Waals surface area contributed by atoms with Crippen molar-refractivity contribution in [1.29, 1.82) is 0 Å². The highest BCUT2D eigenvalue weighted by Gasteiger charge is 2.39. The summed E-state index contributed by atoms with van der Waals surface area (Å²) in [5.41, 5.74) is 7.43. The van der Waals surface area contributed by atoms with E-state index in [0.29, 0.717) is 12.1 Å². The zero-order valence-electron chi connectivity index (χ0n) is 11.7. The third-order valence-corrected chi connectivity index (χ3v) is 5.11. The Morgan fingerprint density at radius 1 is 1.20 bits per heavy atom. The fourth-order valence-electron chi connectivity index (χ4n) is 3.78. The van der Waals surface area contributed by atoms with Crippen LogP contribution in [0.3, 0.4) is 0 Å². The van der Waals surface area contributed by atoms with Crippen molar-refractivity contribution in [2.75, 3.05) is 6.54 Å². The highest BCUT2D eigenvalue weighted by Crippen LogP contribution is 2.36. The molecule has 0 aromatic heterocycles. The van der Waals surface area contributed by atoms with Gasteiger partial charge in [0.2, 0.25) is 0 Å². The molecule has 3 rings (SSSR count). The highest BCUT2D eigenvalue weighted by atomic mass is 35.5. The molecule has 2 bridgehead atoms. The first-order valence-corrected chi connectivity index (χ1v) is 7.96. The Bertz CT molecular complexity index is 436. The predicted molar refractivity (Wildman–Crippen MR) is 81.8 cm³/mol. The molecule has 1 aromatic rings. The molecule has 4 heteroatoms. The second-order valence-corrected chi connectivity index (χ2v) is 6.63. The van der Waals surface area contributed by atoms with E-state index in [1.54, 1.807) is 0 Å². The van der Waals surface area contributed by atoms with Crippen LogP contribution in [0, 0.1) is 0 Å². The van der Waals surface area contributed by atoms with Gasteiger partial charge in [0.25, 0.3) is 0 Å². The fourth-order valence-corrected chi connectivity index (χ4v) is 3.90. The van der Waals surface area contributed by atoms with Crippen molar-refractivity contribution in [2.45, 2.75) is 56.3 Å². The van der Waals surface area contributed by atoms with Gasteiger partial charge >= 0.3 is 0 Å². The third-order valence-electron chi connectivity index (χ3n) is 4.86. The number of aliphatic hydroxyl groups is 1. The van der Waals surface area contributed by atoms with Gasteiger partial charge in [0.1, 0.15) is 0 Å². The first-order valence-electron chi connectivity index (χ1n) is 7.58. The number of hydrogen-bond donors (Lipinski definition) is 2. The summed E-state index contributed by atoms with van der Waals surface area (Å²) in [4.78, 5) is 2.57. The second kappa shape index (κ2) is 6.02. The number of nitrogens with two attached hydrogens (primary N) is 1. The summed E-state index contributed by atoms with van der Waals surface area (Å²) in [5.74, 6) is 0. The number of piperidine rings is 1. The molecule has 0 spiro atoms. The molecule has 2 aliphatic heterocycles. The lowest BCUT2D eigenvalue weighted by Gasteiger charge is -2.37. The van der Waals surface area contributed by atoms with Gasteiger partial charge in [-0.25, -0.2) is 0 Å². The van der Waals surface area contributed by atoms with Crippen LogP contribution in [0.4, 0.5) is 0 Å². The van der Waals surface area contributed by atoms with E-state index in [-0.39, 0.29) is 12.1 Å². The van der Waals surface area contributed by atoms with Crippen LogP contribution in [0.15, 0.2) is 24.3 Å². The number of hydrogen-bond acceptors (Lipinski definition) is 3. The Kier molecular flexibility index (Phi) is 4.32. The monoisotopic (exact) mass is 294 g/mol. The topological polar surface area (TPSA) is 49.5 Å². The normalized spacial score (nSPS) is 31.4. The van der Waals surface area contributed by atoms with E-state index in [4.69, 9.17) is 17.3 Å². The molecule has 0 radical (unpaired) electrons. The Morgan fingerprint density at radius 2 is 1.80 bits per heavy atom. The minimum absolute atomic E-state index is 0.0681. The number of rotatable bonds is 4. The average molecular weight is 295 g/mol. The number of aliphatic hydroxyl groups excluding tert-OH is 1. The van der Waals surface area contributed by atoms with Crippen LogP contribution in [0.2, 0.25) is 5.02 Å². The number of benzene rings is 1. The zero-order chi connectivity index (χ0) is 14.1. The molecular formula is C16H23ClN2O. The summed E-state index contributed by atoms with van der Waals surface area (Å²) in [6, 6.07) is 9.04. The van der Waals surface area contributed by atoms with Gasteiger partial charge in [-0.1, -0.05) is 23.7 Å². The summed E-state index contributed by atoms with van der Waals surface area (Å²) in [5, 5.41) is 10.6. The van der Waals surface area contributed by atoms with Crippen molar-refractivity contribution >= 4 is 11.6 Å². The Hall–Kier alpha value is -0.610. The maximum absolute atomic E-state index is 9.83. The lowest BCUT2D eigenvalue weighted by atomic mass is 9.98. The van der Waals surface area contributed by atoms with Crippen LogP contribution < -0.4 is 5.73 Å². The lowest BCUT2D eigenvalue weighted by Crippen LogP contribution is -2.45. The van der Waals surface area contributed by atoms with Gasteiger partial charge in [-0.05, 0) is 49.8 Å². The minimum Gasteiger partial charge on any atom is -0.393 e. The quantitative estimate of drug-likeness (QED) is 0.898. The highest BCUT2D eigenvalue weighted by molar-refractivity contribution is 6.30. The molecule has 3 atom stereocenters. The molecule has 110 valence electrons. The van der Waals surface area contributed by atoms with E-state index in [2.05, 4.69) is 4.90 Å². The van der Waals surface area contributed by atoms with Crippen LogP contribution in [0.5, 0.6) is 0 Å². The van der Waals surface area contributed by atoms with Gasteiger partial charge in [-0.3, -0.25) is 4.90 Å². The van der Waals surface area contributed by atoms with Crippen molar-refractivity contribution in [1.82, 2.24) is 4.90 Å². The smallest absolute Gasteiger partial charge is 0.0570 e. The zero-order valence-corrected chi connectivity index (χ0v) is 12.5.